The van der Waals surface area contributed by atoms with E-state index >= 15 is 0 Å². The molecule has 2 N–H and O–H groups in total. The molecule has 100 valence electrons. The lowest BCUT2D eigenvalue weighted by molar-refractivity contribution is 0.186. The average molecular weight is 247 g/mol. The van der Waals surface area contributed by atoms with Gasteiger partial charge in [-0.25, -0.2) is 0 Å². The maximum Gasteiger partial charge on any atom is 0.0308 e. The second-order valence-electron chi connectivity index (χ2n) is 4.86. The number of piperazine rings is 1. The number of allylic oxidation sites excluding steroid dienone is 6. The van der Waals surface area contributed by atoms with Gasteiger partial charge in [-0.05, 0) is 44.7 Å². The number of likely N-dealkylation sites (N-methyl/N-ethyl adjacent to an activating group) is 1. The molecular formula is C15H25N3. The van der Waals surface area contributed by atoms with E-state index in [-0.39, 0.29) is 0 Å². The molecule has 18 heavy (non-hydrogen) atoms. The van der Waals surface area contributed by atoms with E-state index in [1.807, 2.05) is 12.2 Å². The highest BCUT2D eigenvalue weighted by atomic mass is 15.2. The number of nitrogens with zero attached hydrogens (tertiary/aromatic N) is 2. The molecule has 0 aromatic rings. The lowest BCUT2D eigenvalue weighted by atomic mass is 10.2. The zero-order valence-electron chi connectivity index (χ0n) is 11.8. The van der Waals surface area contributed by atoms with Crippen molar-refractivity contribution in [2.24, 2.45) is 5.73 Å². The van der Waals surface area contributed by atoms with Gasteiger partial charge in [-0.2, -0.15) is 0 Å². The van der Waals surface area contributed by atoms with Gasteiger partial charge in [0.25, 0.3) is 0 Å². The van der Waals surface area contributed by atoms with Gasteiger partial charge in [0.1, 0.15) is 0 Å². The molecule has 0 radical (unpaired) electrons. The van der Waals surface area contributed by atoms with Gasteiger partial charge in [0.05, 0.1) is 0 Å². The molecule has 0 amide bonds. The summed E-state index contributed by atoms with van der Waals surface area (Å²) >= 11 is 0. The third-order valence-electron chi connectivity index (χ3n) is 3.21. The zero-order valence-corrected chi connectivity index (χ0v) is 11.8. The Morgan fingerprint density at radius 3 is 2.28 bits per heavy atom. The van der Waals surface area contributed by atoms with Gasteiger partial charge in [0.15, 0.2) is 0 Å². The van der Waals surface area contributed by atoms with Crippen LogP contribution in [0.2, 0.25) is 0 Å². The summed E-state index contributed by atoms with van der Waals surface area (Å²) in [5, 5.41) is 0. The Hall–Kier alpha value is -1.48. The Bertz CT molecular complexity index is 369. The maximum atomic E-state index is 5.67. The van der Waals surface area contributed by atoms with Gasteiger partial charge in [-0.1, -0.05) is 12.7 Å². The fourth-order valence-electron chi connectivity index (χ4n) is 1.92. The monoisotopic (exact) mass is 247 g/mol. The smallest absolute Gasteiger partial charge is 0.0308 e. The van der Waals surface area contributed by atoms with Gasteiger partial charge < -0.3 is 15.5 Å². The summed E-state index contributed by atoms with van der Waals surface area (Å²) in [5.41, 5.74) is 8.89. The van der Waals surface area contributed by atoms with Crippen LogP contribution in [0.15, 0.2) is 47.9 Å². The van der Waals surface area contributed by atoms with Crippen molar-refractivity contribution in [3.8, 4) is 0 Å². The number of rotatable bonds is 4. The first kappa shape index (κ1) is 14.6. The molecule has 0 aromatic carbocycles. The largest absolute Gasteiger partial charge is 0.399 e. The SMILES string of the molecule is C=C\C(N)=C/C=C(C)/C=C(/C)N1CCN(C)CC1. The Kier molecular flexibility index (Phi) is 5.72. The molecule has 0 spiro atoms. The molecule has 1 heterocycles. The van der Waals surface area contributed by atoms with Crippen LogP contribution in [0.1, 0.15) is 13.8 Å². The van der Waals surface area contributed by atoms with Gasteiger partial charge in [0.2, 0.25) is 0 Å². The number of nitrogens with two attached hydrogens (primary N) is 1. The minimum Gasteiger partial charge on any atom is -0.399 e. The van der Waals surface area contributed by atoms with Crippen molar-refractivity contribution >= 4 is 0 Å². The van der Waals surface area contributed by atoms with Crippen LogP contribution in [0.3, 0.4) is 0 Å². The van der Waals surface area contributed by atoms with E-state index in [4.69, 9.17) is 5.73 Å². The second-order valence-corrected chi connectivity index (χ2v) is 4.86. The highest BCUT2D eigenvalue weighted by molar-refractivity contribution is 5.28. The first-order chi connectivity index (χ1) is 8.52. The predicted octanol–water partition coefficient (Wildman–Crippen LogP) is 2.11. The molecule has 0 bridgehead atoms. The van der Waals surface area contributed by atoms with Gasteiger partial charge in [0, 0.05) is 37.6 Å². The summed E-state index contributed by atoms with van der Waals surface area (Å²) in [7, 11) is 2.17. The van der Waals surface area contributed by atoms with Crippen LogP contribution in [0.5, 0.6) is 0 Å². The standard InChI is InChI=1S/C15H25N3/c1-5-15(16)7-6-13(2)12-14(3)18-10-8-17(4)9-11-18/h5-7,12H,1,8-11,16H2,2-4H3/b13-6+,14-12-,15-7+. The third-order valence-corrected chi connectivity index (χ3v) is 3.21. The molecule has 0 unspecified atom stereocenters. The van der Waals surface area contributed by atoms with Gasteiger partial charge >= 0.3 is 0 Å². The van der Waals surface area contributed by atoms with E-state index in [1.165, 1.54) is 11.3 Å². The van der Waals surface area contributed by atoms with Crippen molar-refractivity contribution in [3.05, 3.63) is 47.9 Å². The van der Waals surface area contributed by atoms with Crippen LogP contribution in [-0.4, -0.2) is 43.0 Å². The van der Waals surface area contributed by atoms with Gasteiger partial charge in [-0.3, -0.25) is 0 Å². The molecule has 1 aliphatic rings. The lowest BCUT2D eigenvalue weighted by Gasteiger charge is -2.34. The van der Waals surface area contributed by atoms with Crippen LogP contribution in [0.25, 0.3) is 0 Å². The molecule has 3 nitrogen and oxygen atoms in total. The molecule has 0 aliphatic carbocycles. The minimum atomic E-state index is 0.694. The van der Waals surface area contributed by atoms with Crippen LogP contribution < -0.4 is 5.73 Å². The summed E-state index contributed by atoms with van der Waals surface area (Å²) in [4.78, 5) is 4.79. The third kappa shape index (κ3) is 4.80. The van der Waals surface area contributed by atoms with E-state index in [0.717, 1.165) is 26.2 Å². The molecule has 1 aliphatic heterocycles. The second kappa shape index (κ2) is 7.07. The summed E-state index contributed by atoms with van der Waals surface area (Å²) < 4.78 is 0. The quantitative estimate of drug-likeness (QED) is 0.772. The Balaban J connectivity index is 2.62. The summed E-state index contributed by atoms with van der Waals surface area (Å²) in [6.45, 7) is 12.4. The molecule has 0 atom stereocenters. The van der Waals surface area contributed by atoms with Crippen molar-refractivity contribution in [2.45, 2.75) is 13.8 Å². The fraction of sp³-hybridized carbons (Fsp3) is 0.467. The summed E-state index contributed by atoms with van der Waals surface area (Å²) in [5.74, 6) is 0. The Morgan fingerprint density at radius 2 is 1.72 bits per heavy atom. The fourth-order valence-corrected chi connectivity index (χ4v) is 1.92. The minimum absolute atomic E-state index is 0.694. The van der Waals surface area contributed by atoms with Gasteiger partial charge in [-0.15, -0.1) is 0 Å². The predicted molar refractivity (Wildman–Crippen MR) is 79.1 cm³/mol. The van der Waals surface area contributed by atoms with Crippen LogP contribution in [-0.2, 0) is 0 Å². The molecule has 1 rings (SSSR count). The maximum absolute atomic E-state index is 5.67. The average Bonchev–Trinajstić information content (AvgIpc) is 2.36. The van der Waals surface area contributed by atoms with Crippen molar-refractivity contribution in [1.29, 1.82) is 0 Å². The molecular weight excluding hydrogens is 222 g/mol. The topological polar surface area (TPSA) is 32.5 Å². The van der Waals surface area contributed by atoms with E-state index in [9.17, 15) is 0 Å². The molecule has 1 saturated heterocycles. The van der Waals surface area contributed by atoms with E-state index in [2.05, 4.69) is 43.3 Å². The highest BCUT2D eigenvalue weighted by Gasteiger charge is 2.13. The number of hydrogen-bond acceptors (Lipinski definition) is 3. The first-order valence-electron chi connectivity index (χ1n) is 6.41. The summed E-state index contributed by atoms with van der Waals surface area (Å²) in [6.07, 6.45) is 7.77. The number of hydrogen-bond donors (Lipinski definition) is 1. The molecule has 1 fully saturated rings. The van der Waals surface area contributed by atoms with Crippen molar-refractivity contribution in [2.75, 3.05) is 33.2 Å². The normalized spacial score (nSPS) is 20.2. The van der Waals surface area contributed by atoms with E-state index in [0.29, 0.717) is 5.70 Å². The molecule has 3 heteroatoms. The molecule has 0 aromatic heterocycles. The molecule has 0 saturated carbocycles. The lowest BCUT2D eigenvalue weighted by Crippen LogP contribution is -2.43. The highest BCUT2D eigenvalue weighted by Crippen LogP contribution is 2.10. The van der Waals surface area contributed by atoms with Crippen molar-refractivity contribution in [3.63, 3.8) is 0 Å². The van der Waals surface area contributed by atoms with Crippen LogP contribution in [0.4, 0.5) is 0 Å². The van der Waals surface area contributed by atoms with Crippen molar-refractivity contribution < 1.29 is 0 Å². The van der Waals surface area contributed by atoms with Crippen molar-refractivity contribution in [1.82, 2.24) is 9.80 Å². The Morgan fingerprint density at radius 1 is 1.11 bits per heavy atom. The summed E-state index contributed by atoms with van der Waals surface area (Å²) in [6, 6.07) is 0. The van der Waals surface area contributed by atoms with E-state index < -0.39 is 0 Å². The van der Waals surface area contributed by atoms with Crippen LogP contribution in [0, 0.1) is 0 Å². The van der Waals surface area contributed by atoms with E-state index in [1.54, 1.807) is 6.08 Å². The first-order valence-corrected chi connectivity index (χ1v) is 6.41. The zero-order chi connectivity index (χ0) is 13.5. The Labute approximate surface area is 111 Å². The van der Waals surface area contributed by atoms with Crippen LogP contribution >= 0.6 is 0 Å².